The summed E-state index contributed by atoms with van der Waals surface area (Å²) in [5, 5.41) is 3.88. The SMILES string of the molecule is CC(C)(C)c1ccc(CNc2c(Cl)ccc3c2CCN(C(=O)C(F)(F)F)CC3)cc1. The Kier molecular flexibility index (Phi) is 6.37. The van der Waals surface area contributed by atoms with Crippen molar-refractivity contribution in [2.24, 2.45) is 0 Å². The number of alkyl halides is 3. The van der Waals surface area contributed by atoms with Gasteiger partial charge in [-0.2, -0.15) is 13.2 Å². The van der Waals surface area contributed by atoms with Crippen molar-refractivity contribution < 1.29 is 18.0 Å². The molecule has 7 heteroatoms. The van der Waals surface area contributed by atoms with Gasteiger partial charge in [0.05, 0.1) is 10.7 Å². The fourth-order valence-electron chi connectivity index (χ4n) is 3.68. The van der Waals surface area contributed by atoms with Crippen molar-refractivity contribution in [1.29, 1.82) is 0 Å². The number of benzene rings is 2. The molecular weight excluding hydrogens is 413 g/mol. The van der Waals surface area contributed by atoms with E-state index in [4.69, 9.17) is 11.6 Å². The van der Waals surface area contributed by atoms with Crippen LogP contribution in [0.4, 0.5) is 18.9 Å². The molecule has 0 radical (unpaired) electrons. The molecule has 0 fully saturated rings. The number of nitrogens with one attached hydrogen (secondary N) is 1. The second kappa shape index (κ2) is 8.50. The molecule has 0 saturated carbocycles. The number of amides is 1. The van der Waals surface area contributed by atoms with Crippen molar-refractivity contribution in [2.75, 3.05) is 18.4 Å². The first-order chi connectivity index (χ1) is 14.0. The van der Waals surface area contributed by atoms with Crippen molar-refractivity contribution in [1.82, 2.24) is 4.90 Å². The topological polar surface area (TPSA) is 32.3 Å². The average Bonchev–Trinajstić information content (AvgIpc) is 2.88. The summed E-state index contributed by atoms with van der Waals surface area (Å²) in [6.45, 7) is 7.08. The summed E-state index contributed by atoms with van der Waals surface area (Å²) in [6.07, 6.45) is -4.17. The number of hydrogen-bond donors (Lipinski definition) is 1. The summed E-state index contributed by atoms with van der Waals surface area (Å²) in [5.41, 5.74) is 4.93. The number of carbonyl (C=O) groups is 1. The minimum Gasteiger partial charge on any atom is -0.380 e. The zero-order chi connectivity index (χ0) is 22.1. The molecule has 0 unspecified atom stereocenters. The molecule has 1 aliphatic heterocycles. The Balaban J connectivity index is 1.76. The van der Waals surface area contributed by atoms with Crippen LogP contribution in [0.25, 0.3) is 0 Å². The summed E-state index contributed by atoms with van der Waals surface area (Å²) < 4.78 is 38.5. The Bertz CT molecular complexity index is 918. The molecule has 0 bridgehead atoms. The number of fused-ring (bicyclic) bond motifs is 1. The van der Waals surface area contributed by atoms with Gasteiger partial charge in [0, 0.05) is 19.6 Å². The Hall–Kier alpha value is -2.21. The second-order valence-corrected chi connectivity index (χ2v) is 9.06. The summed E-state index contributed by atoms with van der Waals surface area (Å²) in [6, 6.07) is 11.9. The van der Waals surface area contributed by atoms with Gasteiger partial charge >= 0.3 is 12.1 Å². The summed E-state index contributed by atoms with van der Waals surface area (Å²) in [4.78, 5) is 12.5. The lowest BCUT2D eigenvalue weighted by Gasteiger charge is -2.21. The molecule has 2 aromatic carbocycles. The molecule has 1 N–H and O–H groups in total. The minimum atomic E-state index is -4.85. The van der Waals surface area contributed by atoms with Gasteiger partial charge in [0.2, 0.25) is 0 Å². The molecule has 1 amide bonds. The van der Waals surface area contributed by atoms with Gasteiger partial charge in [-0.05, 0) is 46.6 Å². The molecule has 1 heterocycles. The quantitative estimate of drug-likeness (QED) is 0.662. The van der Waals surface area contributed by atoms with Crippen LogP contribution in [0.1, 0.15) is 43.0 Å². The Morgan fingerprint density at radius 1 is 1.03 bits per heavy atom. The number of nitrogens with zero attached hydrogens (tertiary/aromatic N) is 1. The molecule has 0 aromatic heterocycles. The lowest BCUT2D eigenvalue weighted by atomic mass is 9.87. The zero-order valence-corrected chi connectivity index (χ0v) is 18.1. The lowest BCUT2D eigenvalue weighted by Crippen LogP contribution is -2.42. The number of carbonyl (C=O) groups excluding carboxylic acids is 1. The largest absolute Gasteiger partial charge is 0.471 e. The van der Waals surface area contributed by atoms with Gasteiger partial charge in [-0.3, -0.25) is 4.79 Å². The third-order valence-electron chi connectivity index (χ3n) is 5.46. The molecule has 3 rings (SSSR count). The van der Waals surface area contributed by atoms with Gasteiger partial charge < -0.3 is 10.2 Å². The highest BCUT2D eigenvalue weighted by Crippen LogP contribution is 2.33. The normalized spacial score (nSPS) is 14.8. The van der Waals surface area contributed by atoms with E-state index in [2.05, 4.69) is 50.4 Å². The fraction of sp³-hybridized carbons (Fsp3) is 0.435. The molecular formula is C23H26ClF3N2O. The maximum Gasteiger partial charge on any atom is 0.471 e. The van der Waals surface area contributed by atoms with Crippen molar-refractivity contribution in [3.05, 3.63) is 63.7 Å². The maximum atomic E-state index is 12.8. The molecule has 0 saturated heterocycles. The van der Waals surface area contributed by atoms with Crippen LogP contribution in [-0.4, -0.2) is 30.1 Å². The van der Waals surface area contributed by atoms with Crippen LogP contribution >= 0.6 is 11.6 Å². The highest BCUT2D eigenvalue weighted by atomic mass is 35.5. The van der Waals surface area contributed by atoms with E-state index in [9.17, 15) is 18.0 Å². The van der Waals surface area contributed by atoms with Crippen molar-refractivity contribution in [3.8, 4) is 0 Å². The molecule has 2 aromatic rings. The van der Waals surface area contributed by atoms with E-state index < -0.39 is 12.1 Å². The molecule has 0 atom stereocenters. The van der Waals surface area contributed by atoms with Gasteiger partial charge in [0.25, 0.3) is 0 Å². The molecule has 0 spiro atoms. The lowest BCUT2D eigenvalue weighted by molar-refractivity contribution is -0.185. The first-order valence-electron chi connectivity index (χ1n) is 9.96. The predicted molar refractivity (Wildman–Crippen MR) is 114 cm³/mol. The van der Waals surface area contributed by atoms with E-state index >= 15 is 0 Å². The van der Waals surface area contributed by atoms with Gasteiger partial charge in [-0.25, -0.2) is 0 Å². The van der Waals surface area contributed by atoms with Crippen LogP contribution in [0.15, 0.2) is 36.4 Å². The predicted octanol–water partition coefficient (Wildman–Crippen LogP) is 5.74. The number of rotatable bonds is 3. The van der Waals surface area contributed by atoms with Crippen LogP contribution in [0.5, 0.6) is 0 Å². The summed E-state index contributed by atoms with van der Waals surface area (Å²) in [7, 11) is 0. The standard InChI is InChI=1S/C23H26ClF3N2O/c1-22(2,3)17-7-4-15(5-8-17)14-28-20-18-11-13-29(21(30)23(25,26)27)12-10-16(18)6-9-19(20)24/h4-9,28H,10-14H2,1-3H3. The third-order valence-corrected chi connectivity index (χ3v) is 5.78. The van der Waals surface area contributed by atoms with Gasteiger partial charge in [0.1, 0.15) is 0 Å². The maximum absolute atomic E-state index is 12.8. The molecule has 0 aliphatic carbocycles. The van der Waals surface area contributed by atoms with Crippen molar-refractivity contribution in [3.63, 3.8) is 0 Å². The monoisotopic (exact) mass is 438 g/mol. The van der Waals surface area contributed by atoms with E-state index in [0.29, 0.717) is 24.4 Å². The van der Waals surface area contributed by atoms with Gasteiger partial charge in [0.15, 0.2) is 0 Å². The molecule has 3 nitrogen and oxygen atoms in total. The average molecular weight is 439 g/mol. The van der Waals surface area contributed by atoms with E-state index in [1.54, 1.807) is 6.07 Å². The van der Waals surface area contributed by atoms with E-state index in [1.807, 2.05) is 6.07 Å². The zero-order valence-electron chi connectivity index (χ0n) is 17.4. The third kappa shape index (κ3) is 5.09. The van der Waals surface area contributed by atoms with Crippen molar-refractivity contribution >= 4 is 23.2 Å². The van der Waals surface area contributed by atoms with Crippen LogP contribution in [0.3, 0.4) is 0 Å². The van der Waals surface area contributed by atoms with Gasteiger partial charge in [-0.15, -0.1) is 0 Å². The van der Waals surface area contributed by atoms with E-state index in [0.717, 1.165) is 27.3 Å². The Labute approximate surface area is 180 Å². The number of anilines is 1. The minimum absolute atomic E-state index is 0.0145. The fourth-order valence-corrected chi connectivity index (χ4v) is 3.93. The molecule has 1 aliphatic rings. The molecule has 30 heavy (non-hydrogen) atoms. The Morgan fingerprint density at radius 3 is 2.27 bits per heavy atom. The van der Waals surface area contributed by atoms with Crippen LogP contribution in [0, 0.1) is 0 Å². The van der Waals surface area contributed by atoms with Gasteiger partial charge in [-0.1, -0.05) is 62.7 Å². The van der Waals surface area contributed by atoms with Crippen LogP contribution in [0.2, 0.25) is 5.02 Å². The number of hydrogen-bond acceptors (Lipinski definition) is 2. The van der Waals surface area contributed by atoms with E-state index in [1.165, 1.54) is 5.56 Å². The highest BCUT2D eigenvalue weighted by molar-refractivity contribution is 6.33. The van der Waals surface area contributed by atoms with Crippen LogP contribution in [-0.2, 0) is 29.6 Å². The first kappa shape index (κ1) is 22.5. The van der Waals surface area contributed by atoms with E-state index in [-0.39, 0.29) is 18.5 Å². The Morgan fingerprint density at radius 2 is 1.67 bits per heavy atom. The van der Waals surface area contributed by atoms with Crippen LogP contribution < -0.4 is 5.32 Å². The number of halogens is 4. The first-order valence-corrected chi connectivity index (χ1v) is 10.3. The van der Waals surface area contributed by atoms with Crippen molar-refractivity contribution in [2.45, 2.75) is 51.7 Å². The summed E-state index contributed by atoms with van der Waals surface area (Å²) >= 11 is 6.41. The summed E-state index contributed by atoms with van der Waals surface area (Å²) in [5.74, 6) is -1.78. The highest BCUT2D eigenvalue weighted by Gasteiger charge is 2.42. The molecule has 162 valence electrons. The smallest absolute Gasteiger partial charge is 0.380 e. The second-order valence-electron chi connectivity index (χ2n) is 8.65.